The van der Waals surface area contributed by atoms with Gasteiger partial charge in [0.2, 0.25) is 11.8 Å². The molecule has 0 spiro atoms. The van der Waals surface area contributed by atoms with Crippen LogP contribution in [-0.4, -0.2) is 71.2 Å². The van der Waals surface area contributed by atoms with E-state index in [1.807, 2.05) is 66.9 Å². The highest BCUT2D eigenvalue weighted by Crippen LogP contribution is 2.26. The highest BCUT2D eigenvalue weighted by molar-refractivity contribution is 5.90. The maximum absolute atomic E-state index is 12.8. The van der Waals surface area contributed by atoms with Gasteiger partial charge in [0.1, 0.15) is 24.0 Å². The zero-order valence-electron chi connectivity index (χ0n) is 45.3. The Balaban J connectivity index is 1.01. The molecule has 0 aliphatic rings. The number of pyridine rings is 3. The average molecular weight is 1040 g/mol. The number of nitrogens with zero attached hydrogens (tertiary/aromatic N) is 4. The first kappa shape index (κ1) is 57.6. The summed E-state index contributed by atoms with van der Waals surface area (Å²) in [6.07, 6.45) is 10.9. The van der Waals surface area contributed by atoms with Crippen molar-refractivity contribution < 1.29 is 23.8 Å². The molecule has 0 aliphatic carbocycles. The molecule has 404 valence electrons. The van der Waals surface area contributed by atoms with Crippen LogP contribution in [0.15, 0.2) is 164 Å². The average Bonchev–Trinajstić information content (AvgIpc) is 3.43. The molecule has 77 heavy (non-hydrogen) atoms. The second-order valence-corrected chi connectivity index (χ2v) is 19.8. The zero-order valence-corrected chi connectivity index (χ0v) is 45.3. The van der Waals surface area contributed by atoms with Crippen molar-refractivity contribution in [1.29, 1.82) is 0 Å². The Bertz CT molecular complexity index is 2650. The largest absolute Gasteiger partial charge is 0.491 e. The Hall–Kier alpha value is -7.09. The van der Waals surface area contributed by atoms with Crippen molar-refractivity contribution in [3.05, 3.63) is 203 Å². The molecule has 4 aromatic carbocycles. The smallest absolute Gasteiger partial charge is 0.225 e. The third kappa shape index (κ3) is 21.8. The van der Waals surface area contributed by atoms with Crippen LogP contribution in [-0.2, 0) is 64.5 Å². The lowest BCUT2D eigenvalue weighted by atomic mass is 9.89. The molecule has 0 aliphatic heterocycles. The molecule has 7 aromatic rings. The van der Waals surface area contributed by atoms with Crippen LogP contribution in [0, 0.1) is 5.92 Å². The number of nitrogens with one attached hydrogen (secondary N) is 3. The quantitative estimate of drug-likeness (QED) is 0.0329. The Kier molecular flexibility index (Phi) is 24.8. The highest BCUT2D eigenvalue weighted by Gasteiger charge is 2.18. The molecule has 3 heterocycles. The van der Waals surface area contributed by atoms with Crippen LogP contribution < -0.4 is 20.7 Å². The molecular weight excluding hydrogens is 959 g/mol. The second-order valence-electron chi connectivity index (χ2n) is 19.8. The molecule has 3 N–H and O–H groups in total. The number of carbonyl (C=O) groups is 2. The number of amides is 2. The molecular formula is C65H79N7O5. The van der Waals surface area contributed by atoms with Crippen molar-refractivity contribution in [2.45, 2.75) is 111 Å². The molecule has 0 fully saturated rings. The van der Waals surface area contributed by atoms with E-state index >= 15 is 0 Å². The lowest BCUT2D eigenvalue weighted by Gasteiger charge is -2.24. The van der Waals surface area contributed by atoms with Crippen molar-refractivity contribution in [3.63, 3.8) is 0 Å². The van der Waals surface area contributed by atoms with Crippen LogP contribution in [0.1, 0.15) is 105 Å². The number of carbonyl (C=O) groups excluding carboxylic acids is 2. The van der Waals surface area contributed by atoms with E-state index in [2.05, 4.69) is 132 Å². The molecule has 0 saturated heterocycles. The van der Waals surface area contributed by atoms with Gasteiger partial charge in [-0.2, -0.15) is 0 Å². The minimum atomic E-state index is -0.0113. The number of rotatable bonds is 35. The summed E-state index contributed by atoms with van der Waals surface area (Å²) in [4.78, 5) is 42.5. The number of ether oxygens (including phenoxy) is 3. The Morgan fingerprint density at radius 2 is 1.09 bits per heavy atom. The normalized spacial score (nSPS) is 11.6. The molecule has 1 atom stereocenters. The number of unbranched alkanes of at least 4 members (excludes halogenated alkanes) is 4. The minimum Gasteiger partial charge on any atom is -0.491 e. The number of hydrogen-bond acceptors (Lipinski definition) is 10. The third-order valence-corrected chi connectivity index (χ3v) is 13.2. The van der Waals surface area contributed by atoms with Crippen molar-refractivity contribution >= 4 is 23.5 Å². The van der Waals surface area contributed by atoms with Crippen LogP contribution in [0.5, 0.6) is 5.75 Å². The number of anilines is 2. The summed E-state index contributed by atoms with van der Waals surface area (Å²) in [5, 5.41) is 9.53. The van der Waals surface area contributed by atoms with Gasteiger partial charge in [0.05, 0.1) is 32.1 Å². The zero-order chi connectivity index (χ0) is 53.5. The van der Waals surface area contributed by atoms with E-state index < -0.39 is 0 Å². The van der Waals surface area contributed by atoms with Gasteiger partial charge in [-0.15, -0.1) is 0 Å². The van der Waals surface area contributed by atoms with Gasteiger partial charge in [0, 0.05) is 63.2 Å². The summed E-state index contributed by atoms with van der Waals surface area (Å²) in [7, 11) is 0. The fourth-order valence-corrected chi connectivity index (χ4v) is 9.32. The van der Waals surface area contributed by atoms with Crippen LogP contribution in [0.3, 0.4) is 0 Å². The van der Waals surface area contributed by atoms with E-state index in [0.717, 1.165) is 98.4 Å². The first-order valence-electron chi connectivity index (χ1n) is 27.8. The first-order valence-corrected chi connectivity index (χ1v) is 27.8. The van der Waals surface area contributed by atoms with Gasteiger partial charge in [0.15, 0.2) is 0 Å². The van der Waals surface area contributed by atoms with Crippen molar-refractivity contribution in [1.82, 2.24) is 25.2 Å². The monoisotopic (exact) mass is 1040 g/mol. The van der Waals surface area contributed by atoms with Crippen molar-refractivity contribution in [3.8, 4) is 16.9 Å². The molecule has 12 nitrogen and oxygen atoms in total. The van der Waals surface area contributed by atoms with Crippen molar-refractivity contribution in [2.24, 2.45) is 5.92 Å². The fourth-order valence-electron chi connectivity index (χ4n) is 9.32. The van der Waals surface area contributed by atoms with E-state index in [1.165, 1.54) is 22.3 Å². The van der Waals surface area contributed by atoms with E-state index in [1.54, 1.807) is 0 Å². The SMILES string of the molecule is CCCCCC(=O)Nc1cccc(CC(Cc2cc(CN(Cc3ccccc3)Cc3cccc(NC(=O)CCCCC)n3)cc(OCCOCCOCCNCc3ccc(-c4ccccc4)cc3)c2)Cc2ccccn2)n1. The van der Waals surface area contributed by atoms with Gasteiger partial charge < -0.3 is 30.2 Å². The molecule has 0 bridgehead atoms. The van der Waals surface area contributed by atoms with Gasteiger partial charge in [-0.3, -0.25) is 19.5 Å². The number of aromatic nitrogens is 3. The highest BCUT2D eigenvalue weighted by atomic mass is 16.5. The first-order chi connectivity index (χ1) is 37.9. The summed E-state index contributed by atoms with van der Waals surface area (Å²) in [5.74, 6) is 2.03. The lowest BCUT2D eigenvalue weighted by molar-refractivity contribution is -0.117. The van der Waals surface area contributed by atoms with E-state index in [-0.39, 0.29) is 17.7 Å². The Morgan fingerprint density at radius 3 is 1.78 bits per heavy atom. The third-order valence-electron chi connectivity index (χ3n) is 13.2. The molecule has 12 heteroatoms. The van der Waals surface area contributed by atoms with E-state index in [9.17, 15) is 9.59 Å². The molecule has 0 radical (unpaired) electrons. The predicted octanol–water partition coefficient (Wildman–Crippen LogP) is 12.6. The molecule has 1 unspecified atom stereocenters. The summed E-state index contributed by atoms with van der Waals surface area (Å²) in [6, 6.07) is 53.9. The minimum absolute atomic E-state index is 0.00774. The van der Waals surface area contributed by atoms with Crippen LogP contribution in [0.2, 0.25) is 0 Å². The summed E-state index contributed by atoms with van der Waals surface area (Å²) < 4.78 is 18.4. The Morgan fingerprint density at radius 1 is 0.506 bits per heavy atom. The van der Waals surface area contributed by atoms with Crippen LogP contribution >= 0.6 is 0 Å². The maximum Gasteiger partial charge on any atom is 0.225 e. The second kappa shape index (κ2) is 33.2. The van der Waals surface area contributed by atoms with Gasteiger partial charge in [-0.05, 0) is 120 Å². The summed E-state index contributed by atoms with van der Waals surface area (Å²) >= 11 is 0. The topological polar surface area (TPSA) is 140 Å². The van der Waals surface area contributed by atoms with Gasteiger partial charge >= 0.3 is 0 Å². The van der Waals surface area contributed by atoms with Gasteiger partial charge in [-0.25, -0.2) is 9.97 Å². The predicted molar refractivity (Wildman–Crippen MR) is 309 cm³/mol. The van der Waals surface area contributed by atoms with Crippen LogP contribution in [0.25, 0.3) is 11.1 Å². The Labute approximate surface area is 457 Å². The molecule has 7 rings (SSSR count). The lowest BCUT2D eigenvalue weighted by Crippen LogP contribution is -2.23. The van der Waals surface area contributed by atoms with E-state index in [0.29, 0.717) is 83.6 Å². The fraction of sp³-hybridized carbons (Fsp3) is 0.369. The molecule has 2 amide bonds. The number of benzene rings is 4. The van der Waals surface area contributed by atoms with E-state index in [4.69, 9.17) is 29.2 Å². The van der Waals surface area contributed by atoms with Crippen LogP contribution in [0.4, 0.5) is 11.6 Å². The maximum atomic E-state index is 12.8. The van der Waals surface area contributed by atoms with Gasteiger partial charge in [0.25, 0.3) is 0 Å². The van der Waals surface area contributed by atoms with Gasteiger partial charge in [-0.1, -0.05) is 149 Å². The molecule has 3 aromatic heterocycles. The summed E-state index contributed by atoms with van der Waals surface area (Å²) in [5.41, 5.74) is 9.87. The van der Waals surface area contributed by atoms with Crippen molar-refractivity contribution in [2.75, 3.05) is 50.2 Å². The molecule has 0 saturated carbocycles. The number of hydrogen-bond donors (Lipinski definition) is 3. The summed E-state index contributed by atoms with van der Waals surface area (Å²) in [6.45, 7) is 10.00. The standard InChI is InChI=1S/C65H79N7O5/c1-3-5-9-28-64(73)70-62-26-17-24-59(68-62)44-54(43-58-23-15-16-34-67-58)41-53-42-55(49-72(48-52-19-11-7-12-20-52)50-60-25-18-27-63(69-60)71-65(74)29-10-6-4-2)46-61(45-53)77-40-39-76-38-37-75-36-35-66-47-51-30-32-57(33-31-51)56-21-13-8-14-22-56/h7-8,11-27,30-34,42,45-46,54,66H,3-6,9-10,28-29,35-41,43-44,47-50H2,1-2H3,(H,68,70,73)(H,69,71,74).